The van der Waals surface area contributed by atoms with Crippen molar-refractivity contribution in [1.29, 1.82) is 10.5 Å². The highest BCUT2D eigenvalue weighted by molar-refractivity contribution is 4.99. The lowest BCUT2D eigenvalue weighted by molar-refractivity contribution is 0.427. The van der Waals surface area contributed by atoms with Crippen LogP contribution in [0, 0.1) is 34.5 Å². The van der Waals surface area contributed by atoms with E-state index in [9.17, 15) is 0 Å². The largest absolute Gasteiger partial charge is 0.198 e. The van der Waals surface area contributed by atoms with Crippen LogP contribution >= 0.6 is 0 Å². The number of allylic oxidation sites excluding steroid dienone is 2. The van der Waals surface area contributed by atoms with Crippen LogP contribution in [-0.4, -0.2) is 0 Å². The maximum absolute atomic E-state index is 8.24. The molecule has 0 aliphatic carbocycles. The number of nitriles is 2. The molecule has 0 saturated heterocycles. The third kappa shape index (κ3) is 29.3. The number of nitrogens with zero attached hydrogens (tertiary/aromatic N) is 2. The molecule has 0 spiro atoms. The summed E-state index contributed by atoms with van der Waals surface area (Å²) in [6.07, 6.45) is 5.07. The van der Waals surface area contributed by atoms with Crippen LogP contribution < -0.4 is 0 Å². The summed E-state index contributed by atoms with van der Waals surface area (Å²) in [5.41, 5.74) is 0. The Morgan fingerprint density at radius 2 is 1.56 bits per heavy atom. The van der Waals surface area contributed by atoms with Crippen molar-refractivity contribution in [3.05, 3.63) is 12.2 Å². The Hall–Kier alpha value is -1.28. The predicted molar refractivity (Wildman–Crippen MR) is 70.6 cm³/mol. The van der Waals surface area contributed by atoms with E-state index < -0.39 is 0 Å². The topological polar surface area (TPSA) is 47.6 Å². The predicted octanol–water partition coefficient (Wildman–Crippen LogP) is 4.69. The zero-order chi connectivity index (χ0) is 13.4. The maximum Gasteiger partial charge on any atom is 0.0908 e. The fourth-order valence-electron chi connectivity index (χ4n) is 0.454. The molecule has 2 heteroatoms. The van der Waals surface area contributed by atoms with Crippen LogP contribution in [0.2, 0.25) is 0 Å². The first-order valence-electron chi connectivity index (χ1n) is 5.89. The lowest BCUT2D eigenvalue weighted by atomic mass is 9.96. The van der Waals surface area contributed by atoms with Gasteiger partial charge in [-0.05, 0) is 18.8 Å². The van der Waals surface area contributed by atoms with Crippen LogP contribution in [-0.2, 0) is 0 Å². The summed E-state index contributed by atoms with van der Waals surface area (Å²) < 4.78 is 0. The molecule has 2 nitrogen and oxygen atoms in total. The first kappa shape index (κ1) is 20.2. The third-order valence-electron chi connectivity index (χ3n) is 1.79. The molecule has 0 heterocycles. The highest BCUT2D eigenvalue weighted by Gasteiger charge is 2.04. The van der Waals surface area contributed by atoms with Crippen molar-refractivity contribution in [2.24, 2.45) is 11.8 Å². The first-order valence-corrected chi connectivity index (χ1v) is 5.89. The summed E-state index contributed by atoms with van der Waals surface area (Å²) in [7, 11) is 0. The van der Waals surface area contributed by atoms with E-state index >= 15 is 0 Å². The SMILES string of the molecule is CC(C)C(C)CC#N.CC=CC#N.CCC. The normalized spacial score (nSPS) is 10.3. The van der Waals surface area contributed by atoms with Gasteiger partial charge in [-0.3, -0.25) is 0 Å². The maximum atomic E-state index is 8.24. The molecule has 0 aliphatic heterocycles. The van der Waals surface area contributed by atoms with Gasteiger partial charge < -0.3 is 0 Å². The average Bonchev–Trinajstić information content (AvgIpc) is 2.21. The van der Waals surface area contributed by atoms with E-state index in [-0.39, 0.29) is 0 Å². The molecule has 0 N–H and O–H groups in total. The fraction of sp³-hybridized carbons (Fsp3) is 0.714. The molecule has 16 heavy (non-hydrogen) atoms. The molecule has 0 aromatic heterocycles. The quantitative estimate of drug-likeness (QED) is 0.636. The van der Waals surface area contributed by atoms with Gasteiger partial charge in [0.15, 0.2) is 0 Å². The average molecular weight is 222 g/mol. The van der Waals surface area contributed by atoms with Crippen molar-refractivity contribution in [2.75, 3.05) is 0 Å². The lowest BCUT2D eigenvalue weighted by Gasteiger charge is -2.09. The minimum Gasteiger partial charge on any atom is -0.198 e. The van der Waals surface area contributed by atoms with E-state index in [0.717, 1.165) is 0 Å². The lowest BCUT2D eigenvalue weighted by Crippen LogP contribution is -2.01. The van der Waals surface area contributed by atoms with E-state index in [1.54, 1.807) is 6.08 Å². The first-order chi connectivity index (χ1) is 7.51. The van der Waals surface area contributed by atoms with Crippen molar-refractivity contribution in [3.63, 3.8) is 0 Å². The van der Waals surface area contributed by atoms with Gasteiger partial charge in [0.1, 0.15) is 0 Å². The van der Waals surface area contributed by atoms with Gasteiger partial charge in [-0.25, -0.2) is 0 Å². The Morgan fingerprint density at radius 3 is 1.62 bits per heavy atom. The molecule has 0 saturated carbocycles. The molecule has 0 rings (SSSR count). The molecule has 0 radical (unpaired) electrons. The molecule has 1 unspecified atom stereocenters. The van der Waals surface area contributed by atoms with E-state index in [4.69, 9.17) is 10.5 Å². The minimum absolute atomic E-state index is 0.556. The van der Waals surface area contributed by atoms with Crippen LogP contribution in [0.4, 0.5) is 0 Å². The van der Waals surface area contributed by atoms with E-state index in [1.807, 2.05) is 13.0 Å². The van der Waals surface area contributed by atoms with Crippen molar-refractivity contribution < 1.29 is 0 Å². The highest BCUT2D eigenvalue weighted by Crippen LogP contribution is 2.11. The van der Waals surface area contributed by atoms with Gasteiger partial charge in [-0.2, -0.15) is 10.5 Å². The molecule has 0 aliphatic rings. The van der Waals surface area contributed by atoms with Crippen LogP contribution in [0.5, 0.6) is 0 Å². The summed E-state index contributed by atoms with van der Waals surface area (Å²) in [4.78, 5) is 0. The molecule has 92 valence electrons. The van der Waals surface area contributed by atoms with E-state index in [0.29, 0.717) is 18.3 Å². The minimum atomic E-state index is 0.556. The standard InChI is InChI=1S/C7H13N.C4H5N.C3H8/c1-6(2)7(3)4-5-8;1-2-3-4-5;1-3-2/h6-7H,4H2,1-3H3;2-3H,1H3;3H2,1-2H3. The Balaban J connectivity index is -0.000000181. The third-order valence-corrected chi connectivity index (χ3v) is 1.79. The fourth-order valence-corrected chi connectivity index (χ4v) is 0.454. The molecule has 0 aromatic rings. The van der Waals surface area contributed by atoms with Gasteiger partial charge in [0.05, 0.1) is 12.1 Å². The molecule has 0 aromatic carbocycles. The van der Waals surface area contributed by atoms with Crippen molar-refractivity contribution in [3.8, 4) is 12.1 Å². The second kappa shape index (κ2) is 19.3. The van der Waals surface area contributed by atoms with Gasteiger partial charge in [-0.1, -0.05) is 47.1 Å². The smallest absolute Gasteiger partial charge is 0.0908 e. The van der Waals surface area contributed by atoms with Gasteiger partial charge >= 0.3 is 0 Å². The zero-order valence-corrected chi connectivity index (χ0v) is 11.6. The van der Waals surface area contributed by atoms with Crippen molar-refractivity contribution in [1.82, 2.24) is 0 Å². The van der Waals surface area contributed by atoms with E-state index in [2.05, 4.69) is 40.7 Å². The molecule has 0 fully saturated rings. The van der Waals surface area contributed by atoms with Crippen LogP contribution in [0.1, 0.15) is 54.4 Å². The Labute approximate surface area is 102 Å². The van der Waals surface area contributed by atoms with E-state index in [1.165, 1.54) is 12.5 Å². The van der Waals surface area contributed by atoms with Gasteiger partial charge in [0.25, 0.3) is 0 Å². The molecular formula is C14H26N2. The number of rotatable bonds is 2. The van der Waals surface area contributed by atoms with Gasteiger partial charge in [-0.15, -0.1) is 0 Å². The second-order valence-corrected chi connectivity index (χ2v) is 3.92. The van der Waals surface area contributed by atoms with Crippen LogP contribution in [0.3, 0.4) is 0 Å². The highest BCUT2D eigenvalue weighted by atomic mass is 14.2. The van der Waals surface area contributed by atoms with Crippen molar-refractivity contribution in [2.45, 2.75) is 54.4 Å². The molecule has 0 amide bonds. The molecule has 1 atom stereocenters. The molecule has 0 bridgehead atoms. The van der Waals surface area contributed by atoms with Crippen LogP contribution in [0.15, 0.2) is 12.2 Å². The van der Waals surface area contributed by atoms with Crippen LogP contribution in [0.25, 0.3) is 0 Å². The van der Waals surface area contributed by atoms with Gasteiger partial charge in [0, 0.05) is 12.5 Å². The zero-order valence-electron chi connectivity index (χ0n) is 11.6. The second-order valence-electron chi connectivity index (χ2n) is 3.92. The number of hydrogen-bond acceptors (Lipinski definition) is 2. The summed E-state index contributed by atoms with van der Waals surface area (Å²) in [5, 5.41) is 16.0. The summed E-state index contributed by atoms with van der Waals surface area (Å²) in [5.74, 6) is 1.20. The summed E-state index contributed by atoms with van der Waals surface area (Å²) >= 11 is 0. The molecular weight excluding hydrogens is 196 g/mol. The Kier molecular flexibility index (Phi) is 24.4. The van der Waals surface area contributed by atoms with Crippen molar-refractivity contribution >= 4 is 0 Å². The van der Waals surface area contributed by atoms with Gasteiger partial charge in [0.2, 0.25) is 0 Å². The summed E-state index contributed by atoms with van der Waals surface area (Å²) in [6.45, 7) is 12.4. The Bertz CT molecular complexity index is 216. The number of hydrogen-bond donors (Lipinski definition) is 0. The summed E-state index contributed by atoms with van der Waals surface area (Å²) in [6, 6.07) is 3.99. The Morgan fingerprint density at radius 1 is 1.12 bits per heavy atom. The monoisotopic (exact) mass is 222 g/mol.